The van der Waals surface area contributed by atoms with E-state index in [1.807, 2.05) is 30.2 Å². The molecule has 0 bridgehead atoms. The number of likely N-dealkylation sites (tertiary alicyclic amines) is 1. The molecule has 0 aromatic carbocycles. The molecule has 1 aliphatic carbocycles. The minimum Gasteiger partial charge on any atom is -0.364 e. The average Bonchev–Trinajstić information content (AvgIpc) is 3.06. The molecule has 4 rings (SSSR count). The second kappa shape index (κ2) is 4.20. The number of nitrogens with zero attached hydrogens (tertiary/aromatic N) is 4. The zero-order valence-electron chi connectivity index (χ0n) is 11.2. The first-order chi connectivity index (χ1) is 9.31. The van der Waals surface area contributed by atoms with Crippen LogP contribution in [0.15, 0.2) is 18.6 Å². The summed E-state index contributed by atoms with van der Waals surface area (Å²) in [4.78, 5) is 11.5. The average molecular weight is 257 g/mol. The topological polar surface area (TPSA) is 46.0 Å². The van der Waals surface area contributed by atoms with Crippen molar-refractivity contribution in [2.24, 2.45) is 7.05 Å². The van der Waals surface area contributed by atoms with Gasteiger partial charge in [-0.1, -0.05) is 0 Å². The van der Waals surface area contributed by atoms with Gasteiger partial charge in [0.05, 0.1) is 11.8 Å². The number of fused-ring (bicyclic) bond motifs is 1. The fraction of sp³-hybridized carbons (Fsp3) is 0.571. The lowest BCUT2D eigenvalue weighted by atomic mass is 10.2. The fourth-order valence-corrected chi connectivity index (χ4v) is 3.04. The summed E-state index contributed by atoms with van der Waals surface area (Å²) in [6, 6.07) is 3.39. The van der Waals surface area contributed by atoms with Crippen LogP contribution in [0.4, 0.5) is 5.82 Å². The summed E-state index contributed by atoms with van der Waals surface area (Å²) in [7, 11) is 2.02. The summed E-state index contributed by atoms with van der Waals surface area (Å²) < 4.78 is 2.04. The van der Waals surface area contributed by atoms with Crippen LogP contribution in [0.3, 0.4) is 0 Å². The van der Waals surface area contributed by atoms with E-state index in [-0.39, 0.29) is 0 Å². The Morgan fingerprint density at radius 1 is 1.26 bits per heavy atom. The van der Waals surface area contributed by atoms with Crippen LogP contribution in [0.1, 0.15) is 19.3 Å². The van der Waals surface area contributed by atoms with Gasteiger partial charge in [0.15, 0.2) is 5.82 Å². The molecule has 2 aromatic heterocycles. The molecule has 1 saturated heterocycles. The van der Waals surface area contributed by atoms with Crippen molar-refractivity contribution in [2.45, 2.75) is 31.3 Å². The number of rotatable bonds is 3. The highest BCUT2D eigenvalue weighted by Gasteiger charge is 2.34. The second-order valence-electron chi connectivity index (χ2n) is 5.74. The van der Waals surface area contributed by atoms with Crippen molar-refractivity contribution in [3.05, 3.63) is 18.6 Å². The van der Waals surface area contributed by atoms with Gasteiger partial charge in [-0.05, 0) is 25.3 Å². The molecule has 1 unspecified atom stereocenters. The van der Waals surface area contributed by atoms with E-state index in [1.54, 1.807) is 0 Å². The maximum absolute atomic E-state index is 4.46. The van der Waals surface area contributed by atoms with Crippen molar-refractivity contribution in [3.63, 3.8) is 0 Å². The predicted molar refractivity (Wildman–Crippen MR) is 75.1 cm³/mol. The van der Waals surface area contributed by atoms with Gasteiger partial charge in [-0.2, -0.15) is 0 Å². The van der Waals surface area contributed by atoms with Crippen molar-refractivity contribution in [3.8, 4) is 0 Å². The first-order valence-corrected chi connectivity index (χ1v) is 7.08. The summed E-state index contributed by atoms with van der Waals surface area (Å²) in [5, 5.41) is 3.58. The maximum Gasteiger partial charge on any atom is 0.154 e. The zero-order chi connectivity index (χ0) is 12.8. The summed E-state index contributed by atoms with van der Waals surface area (Å²) in [6.45, 7) is 2.37. The number of aryl methyl sites for hydroxylation is 1. The number of hydrogen-bond donors (Lipinski definition) is 1. The third kappa shape index (κ3) is 1.98. The number of anilines is 1. The molecule has 19 heavy (non-hydrogen) atoms. The van der Waals surface area contributed by atoms with E-state index < -0.39 is 0 Å². The van der Waals surface area contributed by atoms with E-state index in [2.05, 4.69) is 20.2 Å². The quantitative estimate of drug-likeness (QED) is 0.907. The van der Waals surface area contributed by atoms with Gasteiger partial charge in [0.2, 0.25) is 0 Å². The fourth-order valence-electron chi connectivity index (χ4n) is 3.04. The molecule has 5 nitrogen and oxygen atoms in total. The molecule has 2 fully saturated rings. The molecule has 0 amide bonds. The van der Waals surface area contributed by atoms with Gasteiger partial charge in [0.1, 0.15) is 5.52 Å². The van der Waals surface area contributed by atoms with E-state index in [4.69, 9.17) is 0 Å². The Kier molecular flexibility index (Phi) is 2.48. The van der Waals surface area contributed by atoms with E-state index in [0.29, 0.717) is 6.04 Å². The van der Waals surface area contributed by atoms with Gasteiger partial charge >= 0.3 is 0 Å². The highest BCUT2D eigenvalue weighted by atomic mass is 15.2. The van der Waals surface area contributed by atoms with Crippen molar-refractivity contribution in [1.82, 2.24) is 19.4 Å². The number of pyridine rings is 1. The molecule has 100 valence electrons. The van der Waals surface area contributed by atoms with Crippen LogP contribution in [-0.2, 0) is 7.05 Å². The van der Waals surface area contributed by atoms with Gasteiger partial charge < -0.3 is 9.88 Å². The van der Waals surface area contributed by atoms with Crippen LogP contribution in [0.2, 0.25) is 0 Å². The molecule has 2 aromatic rings. The molecule has 0 radical (unpaired) electrons. The number of nitrogens with one attached hydrogen (secondary N) is 1. The normalized spacial score (nSPS) is 24.2. The van der Waals surface area contributed by atoms with E-state index in [1.165, 1.54) is 25.8 Å². The third-order valence-corrected chi connectivity index (χ3v) is 4.27. The maximum atomic E-state index is 4.46. The van der Waals surface area contributed by atoms with Gasteiger partial charge in [0, 0.05) is 38.4 Å². The number of aromatic nitrogens is 3. The lowest BCUT2D eigenvalue weighted by Gasteiger charge is -2.16. The highest BCUT2D eigenvalue weighted by Crippen LogP contribution is 2.31. The SMILES string of the molecule is Cn1cnc2c(NC3CCN(C4CC4)C3)nccc21. The van der Waals surface area contributed by atoms with Crippen LogP contribution in [0, 0.1) is 0 Å². The Labute approximate surface area is 112 Å². The van der Waals surface area contributed by atoms with Gasteiger partial charge in [-0.25, -0.2) is 9.97 Å². The van der Waals surface area contributed by atoms with Gasteiger partial charge in [-0.3, -0.25) is 4.90 Å². The Bertz CT molecular complexity index is 601. The van der Waals surface area contributed by atoms with Crippen LogP contribution in [-0.4, -0.2) is 44.6 Å². The Morgan fingerprint density at radius 2 is 2.16 bits per heavy atom. The molecular formula is C14H19N5. The number of hydrogen-bond acceptors (Lipinski definition) is 4. The molecule has 1 N–H and O–H groups in total. The Morgan fingerprint density at radius 3 is 3.00 bits per heavy atom. The van der Waals surface area contributed by atoms with Crippen LogP contribution in [0.5, 0.6) is 0 Å². The molecule has 3 heterocycles. The van der Waals surface area contributed by atoms with Crippen molar-refractivity contribution in [2.75, 3.05) is 18.4 Å². The van der Waals surface area contributed by atoms with Crippen molar-refractivity contribution >= 4 is 16.9 Å². The van der Waals surface area contributed by atoms with E-state index in [9.17, 15) is 0 Å². The summed E-state index contributed by atoms with van der Waals surface area (Å²) in [5.74, 6) is 0.931. The first kappa shape index (κ1) is 11.2. The van der Waals surface area contributed by atoms with Gasteiger partial charge in [0.25, 0.3) is 0 Å². The van der Waals surface area contributed by atoms with Crippen LogP contribution in [0.25, 0.3) is 11.0 Å². The second-order valence-corrected chi connectivity index (χ2v) is 5.74. The van der Waals surface area contributed by atoms with E-state index in [0.717, 1.165) is 29.4 Å². The van der Waals surface area contributed by atoms with Crippen molar-refractivity contribution < 1.29 is 0 Å². The third-order valence-electron chi connectivity index (χ3n) is 4.27. The predicted octanol–water partition coefficient (Wildman–Crippen LogP) is 1.62. The zero-order valence-corrected chi connectivity index (χ0v) is 11.2. The monoisotopic (exact) mass is 257 g/mol. The number of imidazole rings is 1. The van der Waals surface area contributed by atoms with Gasteiger partial charge in [-0.15, -0.1) is 0 Å². The molecule has 5 heteroatoms. The Balaban J connectivity index is 1.55. The lowest BCUT2D eigenvalue weighted by molar-refractivity contribution is 0.326. The minimum absolute atomic E-state index is 0.515. The largest absolute Gasteiger partial charge is 0.364 e. The minimum atomic E-state index is 0.515. The summed E-state index contributed by atoms with van der Waals surface area (Å²) in [5.41, 5.74) is 2.12. The molecule has 1 aliphatic heterocycles. The molecular weight excluding hydrogens is 238 g/mol. The lowest BCUT2D eigenvalue weighted by Crippen LogP contribution is -2.28. The molecule has 1 saturated carbocycles. The smallest absolute Gasteiger partial charge is 0.154 e. The standard InChI is InChI=1S/C14H19N5/c1-18-9-16-13-12(18)4-6-15-14(13)17-10-5-7-19(8-10)11-2-3-11/h4,6,9-11H,2-3,5,7-8H2,1H3,(H,15,17). The van der Waals surface area contributed by atoms with Crippen molar-refractivity contribution in [1.29, 1.82) is 0 Å². The molecule has 1 atom stereocenters. The van der Waals surface area contributed by atoms with Crippen LogP contribution >= 0.6 is 0 Å². The van der Waals surface area contributed by atoms with E-state index >= 15 is 0 Å². The summed E-state index contributed by atoms with van der Waals surface area (Å²) in [6.07, 6.45) is 7.70. The molecule has 2 aliphatic rings. The highest BCUT2D eigenvalue weighted by molar-refractivity contribution is 5.85. The first-order valence-electron chi connectivity index (χ1n) is 7.08. The van der Waals surface area contributed by atoms with Crippen LogP contribution < -0.4 is 5.32 Å². The summed E-state index contributed by atoms with van der Waals surface area (Å²) >= 11 is 0. The molecule has 0 spiro atoms. The Hall–Kier alpha value is -1.62.